The molecular weight excluding hydrogens is 290 g/mol. The van der Waals surface area contributed by atoms with E-state index in [0.29, 0.717) is 11.7 Å². The molecule has 6 nitrogen and oxygen atoms in total. The Labute approximate surface area is 132 Å². The maximum absolute atomic E-state index is 11.8. The number of aryl methyl sites for hydroxylation is 2. The van der Waals surface area contributed by atoms with E-state index in [9.17, 15) is 4.79 Å². The molecular formula is C17H17N5O. The third kappa shape index (κ3) is 1.91. The molecule has 2 aliphatic rings. The molecule has 2 N–H and O–H groups in total. The Morgan fingerprint density at radius 2 is 1.83 bits per heavy atom. The fourth-order valence-electron chi connectivity index (χ4n) is 3.95. The zero-order valence-electron chi connectivity index (χ0n) is 12.7. The molecule has 0 saturated heterocycles. The fourth-order valence-corrected chi connectivity index (χ4v) is 3.95. The standard InChI is InChI=1S/C17H17N5O/c23-14-7-8-18-17-20-16(21-22(14)17)19-15-12-5-1-3-10(12)9-11-4-2-6-13(11)15/h7-9H,1-6H2,(H2,18,19,20,21). The summed E-state index contributed by atoms with van der Waals surface area (Å²) in [6.07, 6.45) is 8.48. The zero-order chi connectivity index (χ0) is 15.4. The lowest BCUT2D eigenvalue weighted by Crippen LogP contribution is -2.12. The van der Waals surface area contributed by atoms with E-state index in [0.717, 1.165) is 12.8 Å². The van der Waals surface area contributed by atoms with Gasteiger partial charge in [-0.25, -0.2) is 4.98 Å². The van der Waals surface area contributed by atoms with Gasteiger partial charge in [0.2, 0.25) is 5.95 Å². The van der Waals surface area contributed by atoms with Gasteiger partial charge in [-0.05, 0) is 60.8 Å². The summed E-state index contributed by atoms with van der Waals surface area (Å²) in [4.78, 5) is 20.4. The van der Waals surface area contributed by atoms with Gasteiger partial charge in [0.25, 0.3) is 11.3 Å². The average Bonchev–Trinajstić information content (AvgIpc) is 3.24. The quantitative estimate of drug-likeness (QED) is 0.760. The minimum Gasteiger partial charge on any atom is -0.324 e. The van der Waals surface area contributed by atoms with Crippen LogP contribution in [0.3, 0.4) is 0 Å². The van der Waals surface area contributed by atoms with Gasteiger partial charge in [0.05, 0.1) is 0 Å². The molecule has 0 unspecified atom stereocenters. The van der Waals surface area contributed by atoms with Gasteiger partial charge in [-0.15, -0.1) is 0 Å². The highest BCUT2D eigenvalue weighted by Gasteiger charge is 2.24. The van der Waals surface area contributed by atoms with Gasteiger partial charge < -0.3 is 5.32 Å². The molecule has 0 spiro atoms. The molecule has 0 aliphatic heterocycles. The number of H-pyrrole nitrogens is 1. The predicted molar refractivity (Wildman–Crippen MR) is 87.4 cm³/mol. The van der Waals surface area contributed by atoms with E-state index >= 15 is 0 Å². The Kier molecular flexibility index (Phi) is 2.62. The molecule has 5 rings (SSSR count). The number of nitrogens with one attached hydrogen (secondary N) is 2. The number of benzene rings is 1. The third-order valence-corrected chi connectivity index (χ3v) is 4.97. The van der Waals surface area contributed by atoms with Gasteiger partial charge in [-0.2, -0.15) is 9.50 Å². The van der Waals surface area contributed by atoms with Crippen molar-refractivity contribution in [1.29, 1.82) is 0 Å². The molecule has 116 valence electrons. The van der Waals surface area contributed by atoms with Crippen LogP contribution in [0.25, 0.3) is 5.78 Å². The van der Waals surface area contributed by atoms with Crippen LogP contribution >= 0.6 is 0 Å². The molecule has 0 radical (unpaired) electrons. The van der Waals surface area contributed by atoms with Gasteiger partial charge in [0.15, 0.2) is 0 Å². The Hall–Kier alpha value is -2.63. The number of anilines is 2. The van der Waals surface area contributed by atoms with Gasteiger partial charge in [0, 0.05) is 18.0 Å². The summed E-state index contributed by atoms with van der Waals surface area (Å²) in [5.41, 5.74) is 6.84. The van der Waals surface area contributed by atoms with Crippen molar-refractivity contribution in [3.63, 3.8) is 0 Å². The van der Waals surface area contributed by atoms with Crippen LogP contribution in [0.2, 0.25) is 0 Å². The molecule has 2 aliphatic carbocycles. The van der Waals surface area contributed by atoms with Crippen molar-refractivity contribution in [2.75, 3.05) is 5.32 Å². The molecule has 0 amide bonds. The van der Waals surface area contributed by atoms with Crippen molar-refractivity contribution in [2.24, 2.45) is 0 Å². The molecule has 6 heteroatoms. The Bertz CT molecular complexity index is 952. The van der Waals surface area contributed by atoms with Crippen molar-refractivity contribution in [3.05, 3.63) is 50.9 Å². The molecule has 0 saturated carbocycles. The second-order valence-corrected chi connectivity index (χ2v) is 6.35. The highest BCUT2D eigenvalue weighted by molar-refractivity contribution is 5.70. The number of rotatable bonds is 2. The summed E-state index contributed by atoms with van der Waals surface area (Å²) in [6.45, 7) is 0. The first kappa shape index (κ1) is 12.9. The Morgan fingerprint density at radius 1 is 1.09 bits per heavy atom. The molecule has 0 fully saturated rings. The molecule has 1 aromatic carbocycles. The fraction of sp³-hybridized carbons (Fsp3) is 0.353. The monoisotopic (exact) mass is 307 g/mol. The van der Waals surface area contributed by atoms with Crippen molar-refractivity contribution in [2.45, 2.75) is 38.5 Å². The Morgan fingerprint density at radius 3 is 2.52 bits per heavy atom. The van der Waals surface area contributed by atoms with Crippen LogP contribution in [0.5, 0.6) is 0 Å². The summed E-state index contributed by atoms with van der Waals surface area (Å²) in [6, 6.07) is 3.83. The van der Waals surface area contributed by atoms with Gasteiger partial charge in [-0.1, -0.05) is 6.07 Å². The van der Waals surface area contributed by atoms with Crippen molar-refractivity contribution in [1.82, 2.24) is 19.6 Å². The first-order chi connectivity index (χ1) is 11.3. The SMILES string of the molecule is O=c1ccnc2nc(Nc3c4c(cc5c3CCC5)CCC4)[nH]n12. The summed E-state index contributed by atoms with van der Waals surface area (Å²) in [7, 11) is 0. The van der Waals surface area contributed by atoms with Crippen molar-refractivity contribution < 1.29 is 0 Å². The van der Waals surface area contributed by atoms with Crippen LogP contribution in [0.4, 0.5) is 11.6 Å². The highest BCUT2D eigenvalue weighted by atomic mass is 16.1. The van der Waals surface area contributed by atoms with Crippen LogP contribution in [-0.4, -0.2) is 19.6 Å². The van der Waals surface area contributed by atoms with Crippen molar-refractivity contribution >= 4 is 17.4 Å². The highest BCUT2D eigenvalue weighted by Crippen LogP contribution is 2.39. The largest absolute Gasteiger partial charge is 0.324 e. The van der Waals surface area contributed by atoms with E-state index in [1.54, 1.807) is 0 Å². The molecule has 0 bridgehead atoms. The van der Waals surface area contributed by atoms with E-state index in [4.69, 9.17) is 0 Å². The summed E-state index contributed by atoms with van der Waals surface area (Å²) in [5.74, 6) is 0.972. The van der Waals surface area contributed by atoms with E-state index in [-0.39, 0.29) is 5.56 Å². The van der Waals surface area contributed by atoms with E-state index in [2.05, 4.69) is 26.4 Å². The molecule has 0 atom stereocenters. The normalized spacial score (nSPS) is 15.8. The number of aromatic nitrogens is 4. The van der Waals surface area contributed by atoms with E-state index < -0.39 is 0 Å². The third-order valence-electron chi connectivity index (χ3n) is 4.97. The number of nitrogens with zero attached hydrogens (tertiary/aromatic N) is 3. The first-order valence-electron chi connectivity index (χ1n) is 8.17. The van der Waals surface area contributed by atoms with Crippen LogP contribution in [-0.2, 0) is 25.7 Å². The van der Waals surface area contributed by atoms with Crippen LogP contribution in [0.1, 0.15) is 35.1 Å². The zero-order valence-corrected chi connectivity index (χ0v) is 12.7. The average molecular weight is 307 g/mol. The lowest BCUT2D eigenvalue weighted by atomic mass is 9.99. The molecule has 23 heavy (non-hydrogen) atoms. The maximum Gasteiger partial charge on any atom is 0.273 e. The smallest absolute Gasteiger partial charge is 0.273 e. The molecule has 3 aromatic rings. The van der Waals surface area contributed by atoms with Crippen molar-refractivity contribution in [3.8, 4) is 0 Å². The number of fused-ring (bicyclic) bond motifs is 3. The Balaban J connectivity index is 1.65. The maximum atomic E-state index is 11.8. The topological polar surface area (TPSA) is 75.1 Å². The number of hydrogen-bond donors (Lipinski definition) is 2. The lowest BCUT2D eigenvalue weighted by Gasteiger charge is -2.15. The van der Waals surface area contributed by atoms with Gasteiger partial charge >= 0.3 is 0 Å². The molecule has 2 aromatic heterocycles. The number of hydrogen-bond acceptors (Lipinski definition) is 4. The summed E-state index contributed by atoms with van der Waals surface area (Å²) in [5, 5.41) is 6.47. The van der Waals surface area contributed by atoms with Gasteiger partial charge in [-0.3, -0.25) is 9.89 Å². The van der Waals surface area contributed by atoms with Crippen LogP contribution in [0, 0.1) is 0 Å². The first-order valence-corrected chi connectivity index (χ1v) is 8.17. The van der Waals surface area contributed by atoms with Gasteiger partial charge in [0.1, 0.15) is 0 Å². The second kappa shape index (κ2) is 4.68. The van der Waals surface area contributed by atoms with Crippen LogP contribution < -0.4 is 10.9 Å². The predicted octanol–water partition coefficient (Wildman–Crippen LogP) is 2.14. The number of aromatic amines is 1. The van der Waals surface area contributed by atoms with E-state index in [1.807, 2.05) is 0 Å². The van der Waals surface area contributed by atoms with E-state index in [1.165, 1.54) is 70.4 Å². The minimum atomic E-state index is -0.154. The minimum absolute atomic E-state index is 0.154. The molecule has 2 heterocycles. The lowest BCUT2D eigenvalue weighted by molar-refractivity contribution is 0.894. The second-order valence-electron chi connectivity index (χ2n) is 6.35. The summed E-state index contributed by atoms with van der Waals surface area (Å²) >= 11 is 0. The van der Waals surface area contributed by atoms with Crippen LogP contribution in [0.15, 0.2) is 23.1 Å². The summed E-state index contributed by atoms with van der Waals surface area (Å²) < 4.78 is 1.37.